The van der Waals surface area contributed by atoms with Crippen molar-refractivity contribution in [2.75, 3.05) is 0 Å². The van der Waals surface area contributed by atoms with Gasteiger partial charge in [-0.3, -0.25) is 9.59 Å². The van der Waals surface area contributed by atoms with Crippen molar-refractivity contribution >= 4 is 24.4 Å². The lowest BCUT2D eigenvalue weighted by Gasteiger charge is -2.04. The maximum absolute atomic E-state index is 11.7. The van der Waals surface area contributed by atoms with E-state index in [1.165, 1.54) is 19.3 Å². The van der Waals surface area contributed by atoms with E-state index in [1.807, 2.05) is 12.2 Å². The molecule has 0 rings (SSSR count). The molecule has 3 nitrogen and oxygen atoms in total. The summed E-state index contributed by atoms with van der Waals surface area (Å²) in [4.78, 5) is 22.0. The molecule has 0 aromatic heterocycles. The van der Waals surface area contributed by atoms with Crippen LogP contribution in [0.1, 0.15) is 71.1 Å². The number of hydrogen-bond donors (Lipinski definition) is 2. The fraction of sp³-hybridized carbons (Fsp3) is 0.667. The number of carbonyl (C=O) groups excluding carboxylic acids is 1. The van der Waals surface area contributed by atoms with E-state index < -0.39 is 5.97 Å². The van der Waals surface area contributed by atoms with E-state index in [2.05, 4.69) is 31.7 Å². The molecule has 0 unspecified atom stereocenters. The van der Waals surface area contributed by atoms with Gasteiger partial charge in [0.15, 0.2) is 0 Å². The predicted octanol–water partition coefficient (Wildman–Crippen LogP) is 4.97. The molecule has 0 saturated carbocycles. The van der Waals surface area contributed by atoms with E-state index in [4.69, 9.17) is 5.11 Å². The molecule has 1 atom stereocenters. The van der Waals surface area contributed by atoms with Crippen LogP contribution in [0.5, 0.6) is 0 Å². The van der Waals surface area contributed by atoms with Gasteiger partial charge in [0, 0.05) is 24.5 Å². The Morgan fingerprint density at radius 1 is 1.05 bits per heavy atom. The van der Waals surface area contributed by atoms with E-state index in [9.17, 15) is 9.59 Å². The molecular formula is C18H30O3S. The van der Waals surface area contributed by atoms with Crippen LogP contribution in [-0.2, 0) is 9.59 Å². The van der Waals surface area contributed by atoms with Gasteiger partial charge in [-0.25, -0.2) is 0 Å². The third-order valence-corrected chi connectivity index (χ3v) is 3.66. The zero-order valence-corrected chi connectivity index (χ0v) is 14.6. The fourth-order valence-electron chi connectivity index (χ4n) is 2.04. The van der Waals surface area contributed by atoms with Gasteiger partial charge in [0.1, 0.15) is 5.78 Å². The lowest BCUT2D eigenvalue weighted by Crippen LogP contribution is -2.06. The first-order chi connectivity index (χ1) is 10.6. The van der Waals surface area contributed by atoms with Crippen LogP contribution in [0, 0.1) is 0 Å². The number of carboxylic acid groups (broad SMARTS) is 1. The largest absolute Gasteiger partial charge is 0.481 e. The minimum Gasteiger partial charge on any atom is -0.481 e. The van der Waals surface area contributed by atoms with Crippen LogP contribution in [0.4, 0.5) is 0 Å². The first-order valence-electron chi connectivity index (χ1n) is 8.29. The van der Waals surface area contributed by atoms with Crippen molar-refractivity contribution in [2.45, 2.75) is 76.4 Å². The molecule has 0 aliphatic rings. The molecule has 0 aliphatic carbocycles. The first kappa shape index (κ1) is 21.0. The third-order valence-electron chi connectivity index (χ3n) is 3.30. The van der Waals surface area contributed by atoms with Gasteiger partial charge in [-0.1, -0.05) is 44.1 Å². The Bertz CT molecular complexity index is 361. The fourth-order valence-corrected chi connectivity index (χ4v) is 2.37. The monoisotopic (exact) mass is 326 g/mol. The van der Waals surface area contributed by atoms with E-state index in [-0.39, 0.29) is 17.5 Å². The summed E-state index contributed by atoms with van der Waals surface area (Å²) in [7, 11) is 0. The van der Waals surface area contributed by atoms with Gasteiger partial charge < -0.3 is 5.11 Å². The highest BCUT2D eigenvalue weighted by molar-refractivity contribution is 7.81. The maximum atomic E-state index is 11.7. The molecule has 0 fully saturated rings. The zero-order valence-electron chi connectivity index (χ0n) is 13.7. The highest BCUT2D eigenvalue weighted by Gasteiger charge is 2.07. The number of allylic oxidation sites excluding steroid dienone is 3. The van der Waals surface area contributed by atoms with Crippen LogP contribution >= 0.6 is 12.6 Å². The second-order valence-corrected chi connectivity index (χ2v) is 6.21. The highest BCUT2D eigenvalue weighted by atomic mass is 32.1. The summed E-state index contributed by atoms with van der Waals surface area (Å²) in [6, 6.07) is 0. The van der Waals surface area contributed by atoms with Crippen molar-refractivity contribution in [1.82, 2.24) is 0 Å². The maximum Gasteiger partial charge on any atom is 0.303 e. The van der Waals surface area contributed by atoms with Crippen molar-refractivity contribution in [1.29, 1.82) is 0 Å². The van der Waals surface area contributed by atoms with Gasteiger partial charge in [-0.2, -0.15) is 12.6 Å². The number of unbranched alkanes of at least 4 members (excludes halogenated alkanes) is 4. The van der Waals surface area contributed by atoms with Gasteiger partial charge in [-0.15, -0.1) is 0 Å². The van der Waals surface area contributed by atoms with Gasteiger partial charge in [-0.05, 0) is 32.1 Å². The second-order valence-electron chi connectivity index (χ2n) is 5.54. The van der Waals surface area contributed by atoms with Crippen LogP contribution in [-0.4, -0.2) is 22.1 Å². The number of carboxylic acids is 1. The van der Waals surface area contributed by atoms with Crippen molar-refractivity contribution in [3.8, 4) is 0 Å². The smallest absolute Gasteiger partial charge is 0.303 e. The van der Waals surface area contributed by atoms with Crippen LogP contribution in [0.25, 0.3) is 0 Å². The van der Waals surface area contributed by atoms with E-state index in [0.717, 1.165) is 12.8 Å². The molecule has 126 valence electrons. The van der Waals surface area contributed by atoms with E-state index >= 15 is 0 Å². The van der Waals surface area contributed by atoms with Gasteiger partial charge >= 0.3 is 5.97 Å². The van der Waals surface area contributed by atoms with Crippen molar-refractivity contribution < 1.29 is 14.7 Å². The van der Waals surface area contributed by atoms with E-state index in [0.29, 0.717) is 25.7 Å². The summed E-state index contributed by atoms with van der Waals surface area (Å²) >= 11 is 4.39. The molecule has 0 heterocycles. The topological polar surface area (TPSA) is 54.4 Å². The van der Waals surface area contributed by atoms with Crippen LogP contribution in [0.2, 0.25) is 0 Å². The standard InChI is InChI=1S/C18H30O3S/c1-2-3-4-5-6-7-8-9-13-17(22)15-16(19)12-10-11-14-18(20)21/h6-7,9,13,17,22H,2-5,8,10-12,14-15H2,1H3,(H,20,21)/b7-6-,13-9-/t17-/m0/s1. The van der Waals surface area contributed by atoms with E-state index in [1.54, 1.807) is 0 Å². The number of carbonyl (C=O) groups is 2. The first-order valence-corrected chi connectivity index (χ1v) is 8.81. The highest BCUT2D eigenvalue weighted by Crippen LogP contribution is 2.10. The summed E-state index contributed by atoms with van der Waals surface area (Å²) in [6.45, 7) is 2.20. The van der Waals surface area contributed by atoms with Crippen LogP contribution < -0.4 is 0 Å². The Kier molecular flexibility index (Phi) is 14.2. The molecule has 0 bridgehead atoms. The Balaban J connectivity index is 3.65. The van der Waals surface area contributed by atoms with Crippen LogP contribution in [0.15, 0.2) is 24.3 Å². The average Bonchev–Trinajstić information content (AvgIpc) is 2.46. The molecule has 4 heteroatoms. The summed E-state index contributed by atoms with van der Waals surface area (Å²) in [5, 5.41) is 8.47. The molecule has 0 aromatic carbocycles. The zero-order chi connectivity index (χ0) is 16.6. The molecule has 0 amide bonds. The molecule has 0 aliphatic heterocycles. The van der Waals surface area contributed by atoms with Crippen molar-refractivity contribution in [2.24, 2.45) is 0 Å². The van der Waals surface area contributed by atoms with Gasteiger partial charge in [0.05, 0.1) is 0 Å². The number of ketones is 1. The average molecular weight is 327 g/mol. The molecule has 0 aromatic rings. The molecule has 0 spiro atoms. The molecule has 0 radical (unpaired) electrons. The number of hydrogen-bond acceptors (Lipinski definition) is 3. The Morgan fingerprint density at radius 3 is 2.45 bits per heavy atom. The molecule has 22 heavy (non-hydrogen) atoms. The number of aliphatic carboxylic acids is 1. The lowest BCUT2D eigenvalue weighted by atomic mass is 10.1. The number of rotatable bonds is 14. The lowest BCUT2D eigenvalue weighted by molar-refractivity contribution is -0.137. The second kappa shape index (κ2) is 14.9. The SMILES string of the molecule is CCCCC/C=C\C/C=C\[C@H](S)CC(=O)CCCCC(=O)O. The summed E-state index contributed by atoms with van der Waals surface area (Å²) in [6.07, 6.45) is 16.4. The third kappa shape index (κ3) is 15.4. The Morgan fingerprint density at radius 2 is 1.77 bits per heavy atom. The molecule has 0 saturated heterocycles. The summed E-state index contributed by atoms with van der Waals surface area (Å²) in [5.41, 5.74) is 0. The minimum atomic E-state index is -0.801. The summed E-state index contributed by atoms with van der Waals surface area (Å²) < 4.78 is 0. The quantitative estimate of drug-likeness (QED) is 0.269. The Hall–Kier alpha value is -1.03. The van der Waals surface area contributed by atoms with Crippen molar-refractivity contribution in [3.05, 3.63) is 24.3 Å². The molecule has 1 N–H and O–H groups in total. The molecular weight excluding hydrogens is 296 g/mol. The number of thiol groups is 1. The van der Waals surface area contributed by atoms with Gasteiger partial charge in [0.25, 0.3) is 0 Å². The van der Waals surface area contributed by atoms with Crippen LogP contribution in [0.3, 0.4) is 0 Å². The van der Waals surface area contributed by atoms with Gasteiger partial charge in [0.2, 0.25) is 0 Å². The van der Waals surface area contributed by atoms with Crippen molar-refractivity contribution in [3.63, 3.8) is 0 Å². The summed E-state index contributed by atoms with van der Waals surface area (Å²) in [5.74, 6) is -0.643. The normalized spacial score (nSPS) is 13.0. The number of Topliss-reactive ketones (excluding diaryl/α,β-unsaturated/α-hetero) is 1. The minimum absolute atomic E-state index is 0.0412. The predicted molar refractivity (Wildman–Crippen MR) is 95.5 cm³/mol. The Labute approximate surface area is 140 Å².